The number of halogens is 2. The number of nitrogens with one attached hydrogen (secondary N) is 1. The van der Waals surface area contributed by atoms with Crippen molar-refractivity contribution < 1.29 is 18.6 Å². The number of rotatable bonds is 8. The van der Waals surface area contributed by atoms with E-state index in [1.54, 1.807) is 19.2 Å². The number of hydrogen-bond donors (Lipinski definition) is 2. The van der Waals surface area contributed by atoms with Gasteiger partial charge in [0, 0.05) is 19.2 Å². The monoisotopic (exact) mass is 259 g/mol. The number of alkyl halides is 2. The SMILES string of the molecule is COCC(O)CCNCc1ccc(C(F)F)cc1. The molecule has 2 N–H and O–H groups in total. The molecule has 0 aliphatic heterocycles. The third kappa shape index (κ3) is 5.53. The molecule has 1 aromatic carbocycles. The van der Waals surface area contributed by atoms with Crippen LogP contribution in [0.15, 0.2) is 24.3 Å². The molecule has 0 radical (unpaired) electrons. The topological polar surface area (TPSA) is 41.5 Å². The van der Waals surface area contributed by atoms with E-state index < -0.39 is 12.5 Å². The summed E-state index contributed by atoms with van der Waals surface area (Å²) in [6.45, 7) is 1.58. The average molecular weight is 259 g/mol. The van der Waals surface area contributed by atoms with E-state index in [1.165, 1.54) is 12.1 Å². The maximum Gasteiger partial charge on any atom is 0.263 e. The Kier molecular flexibility index (Phi) is 6.78. The van der Waals surface area contributed by atoms with Gasteiger partial charge in [-0.15, -0.1) is 0 Å². The van der Waals surface area contributed by atoms with Crippen molar-refractivity contribution in [2.45, 2.75) is 25.5 Å². The van der Waals surface area contributed by atoms with Gasteiger partial charge in [0.15, 0.2) is 0 Å². The highest BCUT2D eigenvalue weighted by Gasteiger charge is 2.06. The summed E-state index contributed by atoms with van der Waals surface area (Å²) in [6.07, 6.45) is -2.29. The lowest BCUT2D eigenvalue weighted by molar-refractivity contribution is 0.0594. The Morgan fingerprint density at radius 1 is 1.28 bits per heavy atom. The molecule has 0 fully saturated rings. The van der Waals surface area contributed by atoms with Gasteiger partial charge in [-0.3, -0.25) is 0 Å². The molecular weight excluding hydrogens is 240 g/mol. The van der Waals surface area contributed by atoms with Crippen molar-refractivity contribution >= 4 is 0 Å². The van der Waals surface area contributed by atoms with Gasteiger partial charge in [0.2, 0.25) is 0 Å². The summed E-state index contributed by atoms with van der Waals surface area (Å²) in [6, 6.07) is 6.23. The molecule has 1 aromatic rings. The molecule has 0 bridgehead atoms. The number of aliphatic hydroxyl groups is 1. The van der Waals surface area contributed by atoms with Gasteiger partial charge >= 0.3 is 0 Å². The Bertz CT molecular complexity index is 330. The predicted molar refractivity (Wildman–Crippen MR) is 65.6 cm³/mol. The molecule has 102 valence electrons. The fourth-order valence-electron chi connectivity index (χ4n) is 1.56. The fraction of sp³-hybridized carbons (Fsp3) is 0.538. The number of hydrogen-bond acceptors (Lipinski definition) is 3. The van der Waals surface area contributed by atoms with E-state index in [0.717, 1.165) is 5.56 Å². The van der Waals surface area contributed by atoms with Crippen LogP contribution >= 0.6 is 0 Å². The van der Waals surface area contributed by atoms with E-state index in [4.69, 9.17) is 4.74 Å². The van der Waals surface area contributed by atoms with Crippen molar-refractivity contribution in [3.63, 3.8) is 0 Å². The minimum atomic E-state index is -2.42. The zero-order valence-electron chi connectivity index (χ0n) is 10.4. The molecule has 0 saturated carbocycles. The molecular formula is C13H19F2NO2. The second-order valence-corrected chi connectivity index (χ2v) is 4.12. The molecule has 1 atom stereocenters. The second-order valence-electron chi connectivity index (χ2n) is 4.12. The molecule has 18 heavy (non-hydrogen) atoms. The van der Waals surface area contributed by atoms with Gasteiger partial charge in [-0.25, -0.2) is 8.78 Å². The van der Waals surface area contributed by atoms with E-state index in [9.17, 15) is 13.9 Å². The summed E-state index contributed by atoms with van der Waals surface area (Å²) in [4.78, 5) is 0. The highest BCUT2D eigenvalue weighted by atomic mass is 19.3. The Morgan fingerprint density at radius 2 is 1.94 bits per heavy atom. The maximum absolute atomic E-state index is 12.3. The van der Waals surface area contributed by atoms with Gasteiger partial charge in [-0.05, 0) is 18.5 Å². The van der Waals surface area contributed by atoms with Crippen molar-refractivity contribution in [3.8, 4) is 0 Å². The van der Waals surface area contributed by atoms with Gasteiger partial charge in [-0.2, -0.15) is 0 Å². The van der Waals surface area contributed by atoms with Gasteiger partial charge in [0.25, 0.3) is 6.43 Å². The molecule has 1 unspecified atom stereocenters. The van der Waals surface area contributed by atoms with E-state index in [1.807, 2.05) is 0 Å². The predicted octanol–water partition coefficient (Wildman–Crippen LogP) is 2.11. The van der Waals surface area contributed by atoms with Crippen molar-refractivity contribution in [3.05, 3.63) is 35.4 Å². The molecule has 0 aliphatic carbocycles. The molecule has 1 rings (SSSR count). The summed E-state index contributed by atoms with van der Waals surface area (Å²) in [5.74, 6) is 0. The molecule has 0 saturated heterocycles. The molecule has 0 aromatic heterocycles. The highest BCUT2D eigenvalue weighted by molar-refractivity contribution is 5.23. The normalized spacial score (nSPS) is 12.9. The number of methoxy groups -OCH3 is 1. The third-order valence-corrected chi connectivity index (χ3v) is 2.57. The van der Waals surface area contributed by atoms with Crippen molar-refractivity contribution in [1.29, 1.82) is 0 Å². The third-order valence-electron chi connectivity index (χ3n) is 2.57. The van der Waals surface area contributed by atoms with Crippen LogP contribution in [0, 0.1) is 0 Å². The summed E-state index contributed by atoms with van der Waals surface area (Å²) in [7, 11) is 1.54. The minimum absolute atomic E-state index is 0.0364. The standard InChI is InChI=1S/C13H19F2NO2/c1-18-9-12(17)6-7-16-8-10-2-4-11(5-3-10)13(14)15/h2-5,12-13,16-17H,6-9H2,1H3. The van der Waals surface area contributed by atoms with Crippen LogP contribution in [-0.2, 0) is 11.3 Å². The maximum atomic E-state index is 12.3. The number of benzene rings is 1. The average Bonchev–Trinajstić information content (AvgIpc) is 2.35. The van der Waals surface area contributed by atoms with Crippen LogP contribution in [0.25, 0.3) is 0 Å². The first kappa shape index (κ1) is 15.0. The number of aliphatic hydroxyl groups excluding tert-OH is 1. The molecule has 5 heteroatoms. The van der Waals surface area contributed by atoms with Crippen LogP contribution in [0.4, 0.5) is 8.78 Å². The Labute approximate surface area is 106 Å². The van der Waals surface area contributed by atoms with Crippen LogP contribution < -0.4 is 5.32 Å². The van der Waals surface area contributed by atoms with Crippen molar-refractivity contribution in [2.24, 2.45) is 0 Å². The van der Waals surface area contributed by atoms with Crippen LogP contribution in [-0.4, -0.2) is 31.5 Å². The summed E-state index contributed by atoms with van der Waals surface area (Å²) >= 11 is 0. The van der Waals surface area contributed by atoms with E-state index >= 15 is 0 Å². The first-order valence-electron chi connectivity index (χ1n) is 5.88. The Hall–Kier alpha value is -1.04. The molecule has 0 aliphatic rings. The lowest BCUT2D eigenvalue weighted by Crippen LogP contribution is -2.23. The Balaban J connectivity index is 2.23. The van der Waals surface area contributed by atoms with Gasteiger partial charge in [0.1, 0.15) is 0 Å². The zero-order chi connectivity index (χ0) is 13.4. The highest BCUT2D eigenvalue weighted by Crippen LogP contribution is 2.18. The second kappa shape index (κ2) is 8.13. The zero-order valence-corrected chi connectivity index (χ0v) is 10.4. The van der Waals surface area contributed by atoms with Crippen molar-refractivity contribution in [2.75, 3.05) is 20.3 Å². The minimum Gasteiger partial charge on any atom is -0.391 e. The first-order chi connectivity index (χ1) is 8.63. The summed E-state index contributed by atoms with van der Waals surface area (Å²) in [5.41, 5.74) is 0.981. The van der Waals surface area contributed by atoms with Crippen LogP contribution in [0.2, 0.25) is 0 Å². The number of ether oxygens (including phenoxy) is 1. The molecule has 3 nitrogen and oxygen atoms in total. The van der Waals surface area contributed by atoms with E-state index in [2.05, 4.69) is 5.32 Å². The lowest BCUT2D eigenvalue weighted by atomic mass is 10.1. The van der Waals surface area contributed by atoms with Crippen molar-refractivity contribution in [1.82, 2.24) is 5.32 Å². The quantitative estimate of drug-likeness (QED) is 0.703. The van der Waals surface area contributed by atoms with Crippen LogP contribution in [0.3, 0.4) is 0 Å². The molecule has 0 heterocycles. The first-order valence-corrected chi connectivity index (χ1v) is 5.88. The van der Waals surface area contributed by atoms with Gasteiger partial charge in [-0.1, -0.05) is 24.3 Å². The molecule has 0 spiro atoms. The van der Waals surface area contributed by atoms with E-state index in [0.29, 0.717) is 26.1 Å². The van der Waals surface area contributed by atoms with Gasteiger partial charge < -0.3 is 15.2 Å². The van der Waals surface area contributed by atoms with E-state index in [-0.39, 0.29) is 5.56 Å². The van der Waals surface area contributed by atoms with Crippen LogP contribution in [0.5, 0.6) is 0 Å². The smallest absolute Gasteiger partial charge is 0.263 e. The summed E-state index contributed by atoms with van der Waals surface area (Å²) < 4.78 is 29.4. The molecule has 0 amide bonds. The fourth-order valence-corrected chi connectivity index (χ4v) is 1.56. The van der Waals surface area contributed by atoms with Crippen LogP contribution in [0.1, 0.15) is 24.0 Å². The largest absolute Gasteiger partial charge is 0.391 e. The lowest BCUT2D eigenvalue weighted by Gasteiger charge is -2.10. The van der Waals surface area contributed by atoms with Gasteiger partial charge in [0.05, 0.1) is 12.7 Å². The summed E-state index contributed by atoms with van der Waals surface area (Å²) in [5, 5.41) is 12.5. The Morgan fingerprint density at radius 3 is 2.50 bits per heavy atom.